The van der Waals surface area contributed by atoms with E-state index in [0.29, 0.717) is 19.6 Å². The molecule has 0 bridgehead atoms. The zero-order chi connectivity index (χ0) is 26.6. The molecule has 12 nitrogen and oxygen atoms in total. The van der Waals surface area contributed by atoms with Gasteiger partial charge in [-0.25, -0.2) is 0 Å². The average Bonchev–Trinajstić information content (AvgIpc) is 2.69. The van der Waals surface area contributed by atoms with Crippen LogP contribution in [-0.4, -0.2) is 138 Å². The van der Waals surface area contributed by atoms with Gasteiger partial charge in [0.15, 0.2) is 0 Å². The molecule has 0 aromatic heterocycles. The van der Waals surface area contributed by atoms with Crippen molar-refractivity contribution in [1.82, 2.24) is 30.7 Å². The summed E-state index contributed by atoms with van der Waals surface area (Å²) in [4.78, 5) is 69.3. The van der Waals surface area contributed by atoms with Crippen LogP contribution in [0.2, 0.25) is 0 Å². The van der Waals surface area contributed by atoms with Gasteiger partial charge in [0.1, 0.15) is 19.3 Å². The van der Waals surface area contributed by atoms with Crippen molar-refractivity contribution in [3.05, 3.63) is 0 Å². The molecule has 0 rings (SSSR count). The number of hydrogen-bond acceptors (Lipinski definition) is 6. The number of nitrogens with one attached hydrogen (secondary N) is 3. The molecule has 0 aromatic carbocycles. The molecule has 0 aliphatic carbocycles. The van der Waals surface area contributed by atoms with Gasteiger partial charge in [0, 0.05) is 88.1 Å². The largest absolute Gasteiger partial charge is 0.356 e. The first kappa shape index (κ1) is 38.9. The third-order valence-electron chi connectivity index (χ3n) is 3.55. The molecule has 3 radical (unpaired) electrons. The maximum absolute atomic E-state index is 10.9. The Balaban J connectivity index is -0.000000196. The van der Waals surface area contributed by atoms with Gasteiger partial charge in [-0.05, 0) is 20.8 Å². The van der Waals surface area contributed by atoms with Gasteiger partial charge in [0.05, 0.1) is 0 Å². The summed E-state index contributed by atoms with van der Waals surface area (Å²) in [7, 11) is 9.76. The van der Waals surface area contributed by atoms with Crippen LogP contribution in [0.15, 0.2) is 0 Å². The van der Waals surface area contributed by atoms with Crippen LogP contribution in [-0.2, 0) is 28.8 Å². The Morgan fingerprint density at radius 3 is 0.765 bits per heavy atom. The van der Waals surface area contributed by atoms with Gasteiger partial charge in [0.25, 0.3) is 0 Å². The maximum atomic E-state index is 10.9. The number of carbonyl (C=O) groups is 6. The number of carbonyl (C=O) groups excluding carboxylic acids is 6. The Morgan fingerprint density at radius 2 is 0.647 bits per heavy atom. The van der Waals surface area contributed by atoms with Crippen molar-refractivity contribution in [2.75, 3.05) is 61.9 Å². The normalized spacial score (nSPS) is 8.74. The van der Waals surface area contributed by atoms with Crippen molar-refractivity contribution in [1.29, 1.82) is 0 Å². The Hall–Kier alpha value is -2.30. The Morgan fingerprint density at radius 1 is 0.471 bits per heavy atom. The molecule has 0 atom stereocenters. The van der Waals surface area contributed by atoms with Crippen molar-refractivity contribution in [2.24, 2.45) is 0 Å². The van der Waals surface area contributed by atoms with E-state index in [1.807, 2.05) is 20.8 Å². The van der Waals surface area contributed by atoms with E-state index >= 15 is 0 Å². The molecule has 0 heterocycles. The molecular formula is C21H42BiN6O6. The van der Waals surface area contributed by atoms with Crippen LogP contribution in [0.25, 0.3) is 0 Å². The number of rotatable bonds is 9. The summed E-state index contributed by atoms with van der Waals surface area (Å²) in [5, 5.41) is 7.63. The quantitative estimate of drug-likeness (QED) is 0.198. The van der Waals surface area contributed by atoms with Crippen LogP contribution in [0.5, 0.6) is 0 Å². The van der Waals surface area contributed by atoms with Gasteiger partial charge in [0.2, 0.25) is 35.4 Å². The molecule has 0 fully saturated rings. The van der Waals surface area contributed by atoms with Crippen molar-refractivity contribution in [2.45, 2.75) is 40.0 Å². The Labute approximate surface area is 222 Å². The minimum Gasteiger partial charge on any atom is -0.356 e. The predicted octanol–water partition coefficient (Wildman–Crippen LogP) is -1.58. The third kappa shape index (κ3) is 26.0. The first-order valence-electron chi connectivity index (χ1n) is 10.6. The van der Waals surface area contributed by atoms with Crippen LogP contribution in [0.3, 0.4) is 0 Å². The van der Waals surface area contributed by atoms with E-state index in [9.17, 15) is 28.8 Å². The zero-order valence-electron chi connectivity index (χ0n) is 22.0. The Kier molecular flexibility index (Phi) is 27.3. The van der Waals surface area contributed by atoms with Crippen LogP contribution < -0.4 is 16.0 Å². The van der Waals surface area contributed by atoms with Gasteiger partial charge in [-0.1, -0.05) is 0 Å². The molecule has 197 valence electrons. The van der Waals surface area contributed by atoms with E-state index in [1.54, 1.807) is 42.3 Å². The second-order valence-electron chi connectivity index (χ2n) is 7.26. The summed E-state index contributed by atoms with van der Waals surface area (Å²) in [5.41, 5.74) is 0. The topological polar surface area (TPSA) is 148 Å². The van der Waals surface area contributed by atoms with E-state index in [2.05, 4.69) is 16.0 Å². The number of amides is 6. The zero-order valence-corrected chi connectivity index (χ0v) is 25.5. The molecule has 0 saturated heterocycles. The van der Waals surface area contributed by atoms with E-state index in [1.165, 1.54) is 14.7 Å². The summed E-state index contributed by atoms with van der Waals surface area (Å²) in [6.45, 7) is 7.16. The number of nitrogens with zero attached hydrogens (tertiary/aromatic N) is 3. The molecule has 13 heteroatoms. The summed E-state index contributed by atoms with van der Waals surface area (Å²) < 4.78 is 0. The second kappa shape index (κ2) is 23.8. The van der Waals surface area contributed by atoms with E-state index in [0.717, 1.165) is 0 Å². The first-order chi connectivity index (χ1) is 15.2. The maximum Gasteiger partial charge on any atom is 0.231 e. The van der Waals surface area contributed by atoms with Crippen molar-refractivity contribution < 1.29 is 28.8 Å². The van der Waals surface area contributed by atoms with Gasteiger partial charge >= 0.3 is 0 Å². The van der Waals surface area contributed by atoms with Crippen LogP contribution in [0.4, 0.5) is 0 Å². The van der Waals surface area contributed by atoms with Crippen molar-refractivity contribution >= 4 is 61.6 Å². The van der Waals surface area contributed by atoms with Gasteiger partial charge < -0.3 is 30.7 Å². The van der Waals surface area contributed by atoms with Crippen LogP contribution in [0.1, 0.15) is 40.0 Å². The fourth-order valence-corrected chi connectivity index (χ4v) is 1.67. The average molecular weight is 684 g/mol. The van der Waals surface area contributed by atoms with E-state index in [4.69, 9.17) is 0 Å². The van der Waals surface area contributed by atoms with Crippen LogP contribution in [0, 0.1) is 0 Å². The molecule has 0 aliphatic heterocycles. The Bertz CT molecular complexity index is 556. The molecule has 0 aliphatic rings. The summed E-state index contributed by atoms with van der Waals surface area (Å²) >= 11 is 0. The monoisotopic (exact) mass is 683 g/mol. The van der Waals surface area contributed by atoms with Crippen molar-refractivity contribution in [3.8, 4) is 0 Å². The second-order valence-corrected chi connectivity index (χ2v) is 7.26. The molecule has 0 saturated carbocycles. The van der Waals surface area contributed by atoms with Gasteiger partial charge in [-0.3, -0.25) is 28.8 Å². The summed E-state index contributed by atoms with van der Waals surface area (Å²) in [6.07, 6.45) is -0.164. The number of hydrogen-bond donors (Lipinski definition) is 3. The molecular weight excluding hydrogens is 641 g/mol. The summed E-state index contributed by atoms with van der Waals surface area (Å²) in [5.74, 6) is -1.16. The van der Waals surface area contributed by atoms with Crippen molar-refractivity contribution in [3.63, 3.8) is 0 Å². The molecule has 0 aromatic rings. The minimum absolute atomic E-state index is 0. The van der Waals surface area contributed by atoms with E-state index < -0.39 is 0 Å². The van der Waals surface area contributed by atoms with Gasteiger partial charge in [-0.2, -0.15) is 0 Å². The molecule has 0 spiro atoms. The van der Waals surface area contributed by atoms with E-state index in [-0.39, 0.29) is 80.9 Å². The third-order valence-corrected chi connectivity index (χ3v) is 3.55. The standard InChI is InChI=1S/3C7H14N2O2.Bi/c3*1-4-8-6(10)5-7(11)9(2)3;/h3*4-5H2,1-3H3,(H,8,10);. The molecule has 34 heavy (non-hydrogen) atoms. The van der Waals surface area contributed by atoms with Crippen LogP contribution >= 0.6 is 0 Å². The van der Waals surface area contributed by atoms with Gasteiger partial charge in [-0.15, -0.1) is 0 Å². The molecule has 0 unspecified atom stereocenters. The predicted molar refractivity (Wildman–Crippen MR) is 132 cm³/mol. The fourth-order valence-electron chi connectivity index (χ4n) is 1.67. The minimum atomic E-state index is -0.216. The molecule has 3 N–H and O–H groups in total. The molecule has 6 amide bonds. The smallest absolute Gasteiger partial charge is 0.231 e. The fraction of sp³-hybridized carbons (Fsp3) is 0.714. The SMILES string of the molecule is CCNC(=O)CC(=O)N(C)C.CCNC(=O)CC(=O)N(C)C.CCNC(=O)CC(=O)N(C)C.[Bi]. The first-order valence-corrected chi connectivity index (χ1v) is 10.6. The summed E-state index contributed by atoms with van der Waals surface area (Å²) in [6, 6.07) is 0.